The first-order valence-electron chi connectivity index (χ1n) is 11.3. The molecule has 2 N–H and O–H groups in total. The third-order valence-electron chi connectivity index (χ3n) is 5.98. The van der Waals surface area contributed by atoms with E-state index in [1.165, 1.54) is 11.8 Å². The summed E-state index contributed by atoms with van der Waals surface area (Å²) in [6.07, 6.45) is 2.50. The van der Waals surface area contributed by atoms with Gasteiger partial charge in [0.25, 0.3) is 0 Å². The first-order chi connectivity index (χ1) is 15.7. The number of carbonyl (C=O) groups excluding carboxylic acids is 1. The molecule has 0 aromatic heterocycles. The van der Waals surface area contributed by atoms with Gasteiger partial charge in [0, 0.05) is 37.9 Å². The molecule has 0 saturated carbocycles. The van der Waals surface area contributed by atoms with E-state index < -0.39 is 0 Å². The molecular weight excluding hydrogens is 401 g/mol. The van der Waals surface area contributed by atoms with Gasteiger partial charge in [0.05, 0.1) is 6.42 Å². The molecule has 32 heavy (non-hydrogen) atoms. The number of hydrogen-bond acceptors (Lipinski definition) is 3. The summed E-state index contributed by atoms with van der Waals surface area (Å²) < 4.78 is 13.3. The summed E-state index contributed by atoms with van der Waals surface area (Å²) >= 11 is 0. The van der Waals surface area contributed by atoms with Crippen LogP contribution >= 0.6 is 0 Å². The maximum Gasteiger partial charge on any atom is 0.224 e. The largest absolute Gasteiger partial charge is 0.371 e. The normalized spacial score (nSPS) is 14.3. The van der Waals surface area contributed by atoms with E-state index in [-0.39, 0.29) is 11.7 Å². The van der Waals surface area contributed by atoms with E-state index in [4.69, 9.17) is 0 Å². The highest BCUT2D eigenvalue weighted by Crippen LogP contribution is 2.21. The predicted molar refractivity (Wildman–Crippen MR) is 127 cm³/mol. The first kappa shape index (κ1) is 22.0. The van der Waals surface area contributed by atoms with Gasteiger partial charge in [-0.3, -0.25) is 4.79 Å². The number of rotatable bonds is 8. The lowest BCUT2D eigenvalue weighted by Gasteiger charge is -2.34. The van der Waals surface area contributed by atoms with Crippen LogP contribution in [-0.4, -0.2) is 25.0 Å². The molecule has 1 aliphatic rings. The van der Waals surface area contributed by atoms with Crippen LogP contribution in [0.1, 0.15) is 29.5 Å². The molecule has 0 bridgehead atoms. The highest BCUT2D eigenvalue weighted by molar-refractivity contribution is 5.78. The fourth-order valence-electron chi connectivity index (χ4n) is 4.12. The molecule has 1 aliphatic heterocycles. The van der Waals surface area contributed by atoms with Gasteiger partial charge in [-0.05, 0) is 53.8 Å². The number of nitrogens with one attached hydrogen (secondary N) is 2. The van der Waals surface area contributed by atoms with E-state index in [0.717, 1.165) is 42.6 Å². The van der Waals surface area contributed by atoms with Gasteiger partial charge in [-0.25, -0.2) is 4.39 Å². The topological polar surface area (TPSA) is 44.4 Å². The molecule has 4 rings (SSSR count). The zero-order valence-corrected chi connectivity index (χ0v) is 18.3. The van der Waals surface area contributed by atoms with Crippen LogP contribution in [0.2, 0.25) is 0 Å². The zero-order valence-electron chi connectivity index (χ0n) is 18.3. The van der Waals surface area contributed by atoms with E-state index in [0.29, 0.717) is 25.6 Å². The predicted octanol–water partition coefficient (Wildman–Crippen LogP) is 4.44. The summed E-state index contributed by atoms with van der Waals surface area (Å²) in [7, 11) is 0. The Kier molecular flexibility index (Phi) is 7.51. The Morgan fingerprint density at radius 1 is 0.844 bits per heavy atom. The monoisotopic (exact) mass is 431 g/mol. The molecule has 1 saturated heterocycles. The van der Waals surface area contributed by atoms with Gasteiger partial charge < -0.3 is 15.5 Å². The van der Waals surface area contributed by atoms with E-state index >= 15 is 0 Å². The fraction of sp³-hybridized carbons (Fsp3) is 0.296. The quantitative estimate of drug-likeness (QED) is 0.554. The summed E-state index contributed by atoms with van der Waals surface area (Å²) in [4.78, 5) is 14.6. The third-order valence-corrected chi connectivity index (χ3v) is 5.98. The third kappa shape index (κ3) is 6.41. The average molecular weight is 432 g/mol. The van der Waals surface area contributed by atoms with Gasteiger partial charge >= 0.3 is 0 Å². The van der Waals surface area contributed by atoms with Crippen molar-refractivity contribution in [2.24, 2.45) is 0 Å². The molecule has 1 fully saturated rings. The minimum Gasteiger partial charge on any atom is -0.371 e. The van der Waals surface area contributed by atoms with E-state index in [1.54, 1.807) is 12.1 Å². The minimum atomic E-state index is -0.184. The molecule has 3 aromatic rings. The summed E-state index contributed by atoms with van der Waals surface area (Å²) in [5.41, 5.74) is 4.30. The minimum absolute atomic E-state index is 0.0341. The van der Waals surface area contributed by atoms with Crippen LogP contribution in [0.3, 0.4) is 0 Å². The van der Waals surface area contributed by atoms with Crippen LogP contribution in [0.5, 0.6) is 0 Å². The summed E-state index contributed by atoms with van der Waals surface area (Å²) in [5, 5.41) is 6.53. The van der Waals surface area contributed by atoms with Crippen LogP contribution in [-0.2, 0) is 24.3 Å². The van der Waals surface area contributed by atoms with Gasteiger partial charge in [0.1, 0.15) is 5.82 Å². The summed E-state index contributed by atoms with van der Waals surface area (Å²) in [6, 6.07) is 25.5. The van der Waals surface area contributed by atoms with Crippen LogP contribution in [0.25, 0.3) is 0 Å². The fourth-order valence-corrected chi connectivity index (χ4v) is 4.12. The maximum atomic E-state index is 13.3. The van der Waals surface area contributed by atoms with Crippen LogP contribution in [0.15, 0.2) is 78.9 Å². The van der Waals surface area contributed by atoms with E-state index in [2.05, 4.69) is 27.7 Å². The van der Waals surface area contributed by atoms with Gasteiger partial charge in [-0.15, -0.1) is 0 Å². The lowest BCUT2D eigenvalue weighted by molar-refractivity contribution is -0.120. The number of piperidine rings is 1. The molecule has 1 amide bonds. The molecule has 166 valence electrons. The van der Waals surface area contributed by atoms with Crippen molar-refractivity contribution in [1.82, 2.24) is 10.6 Å². The highest BCUT2D eigenvalue weighted by atomic mass is 19.1. The van der Waals surface area contributed by atoms with Crippen molar-refractivity contribution >= 4 is 11.6 Å². The molecule has 3 aromatic carbocycles. The SMILES string of the molecule is O=C(Cc1ccc(N2CCC(NCc3cccc(F)c3)CC2)cc1)NCc1ccccc1. The Bertz CT molecular complexity index is 999. The second-order valence-electron chi connectivity index (χ2n) is 8.38. The lowest BCUT2D eigenvalue weighted by atomic mass is 10.0. The molecule has 0 aliphatic carbocycles. The molecule has 0 radical (unpaired) electrons. The highest BCUT2D eigenvalue weighted by Gasteiger charge is 2.19. The van der Waals surface area contributed by atoms with Crippen molar-refractivity contribution in [2.45, 2.75) is 38.4 Å². The summed E-state index contributed by atoms with van der Waals surface area (Å²) in [6.45, 7) is 3.22. The number of hydrogen-bond donors (Lipinski definition) is 2. The molecule has 0 spiro atoms. The molecule has 1 heterocycles. The van der Waals surface area contributed by atoms with Crippen molar-refractivity contribution in [2.75, 3.05) is 18.0 Å². The number of benzene rings is 3. The second kappa shape index (κ2) is 10.9. The zero-order chi connectivity index (χ0) is 22.2. The maximum absolute atomic E-state index is 13.3. The Balaban J connectivity index is 1.20. The van der Waals surface area contributed by atoms with E-state index in [1.807, 2.05) is 48.5 Å². The molecule has 0 atom stereocenters. The Morgan fingerprint density at radius 3 is 2.28 bits per heavy atom. The smallest absolute Gasteiger partial charge is 0.224 e. The van der Waals surface area contributed by atoms with Crippen molar-refractivity contribution in [3.63, 3.8) is 0 Å². The van der Waals surface area contributed by atoms with Gasteiger partial charge in [0.2, 0.25) is 5.91 Å². The number of nitrogens with zero attached hydrogens (tertiary/aromatic N) is 1. The van der Waals surface area contributed by atoms with Crippen molar-refractivity contribution in [3.8, 4) is 0 Å². The van der Waals surface area contributed by atoms with E-state index in [9.17, 15) is 9.18 Å². The Morgan fingerprint density at radius 2 is 1.56 bits per heavy atom. The standard InChI is InChI=1S/C27H30FN3O/c28-24-8-4-7-23(17-24)20-29-25-13-15-31(16-14-25)26-11-9-21(10-12-26)18-27(32)30-19-22-5-2-1-3-6-22/h1-12,17,25,29H,13-16,18-20H2,(H,30,32). The lowest BCUT2D eigenvalue weighted by Crippen LogP contribution is -2.42. The number of carbonyl (C=O) groups is 1. The van der Waals surface area contributed by atoms with Crippen LogP contribution in [0.4, 0.5) is 10.1 Å². The molecular formula is C27H30FN3O. The number of amides is 1. The van der Waals surface area contributed by atoms with Gasteiger partial charge in [-0.2, -0.15) is 0 Å². The van der Waals surface area contributed by atoms with Crippen LogP contribution in [0, 0.1) is 5.82 Å². The first-order valence-corrected chi connectivity index (χ1v) is 11.3. The van der Waals surface area contributed by atoms with Crippen LogP contribution < -0.4 is 15.5 Å². The Hall–Kier alpha value is -3.18. The van der Waals surface area contributed by atoms with Crippen molar-refractivity contribution in [1.29, 1.82) is 0 Å². The number of anilines is 1. The van der Waals surface area contributed by atoms with Gasteiger partial charge in [-0.1, -0.05) is 54.6 Å². The molecule has 4 nitrogen and oxygen atoms in total. The number of halogens is 1. The average Bonchev–Trinajstić information content (AvgIpc) is 2.83. The van der Waals surface area contributed by atoms with Crippen molar-refractivity contribution < 1.29 is 9.18 Å². The summed E-state index contributed by atoms with van der Waals surface area (Å²) in [5.74, 6) is -0.150. The second-order valence-corrected chi connectivity index (χ2v) is 8.38. The molecule has 0 unspecified atom stereocenters. The van der Waals surface area contributed by atoms with Crippen molar-refractivity contribution in [3.05, 3.63) is 101 Å². The Labute approximate surface area is 189 Å². The van der Waals surface area contributed by atoms with Gasteiger partial charge in [0.15, 0.2) is 0 Å². The molecule has 5 heteroatoms.